The Morgan fingerprint density at radius 2 is 2.24 bits per heavy atom. The molecule has 7 nitrogen and oxygen atoms in total. The van der Waals surface area contributed by atoms with Crippen LogP contribution >= 0.6 is 0 Å². The maximum Gasteiger partial charge on any atom is 0.252 e. The molecule has 8 heteroatoms. The van der Waals surface area contributed by atoms with Gasteiger partial charge in [0, 0.05) is 19.3 Å². The van der Waals surface area contributed by atoms with Gasteiger partial charge in [0.05, 0.1) is 5.60 Å². The lowest BCUT2D eigenvalue weighted by molar-refractivity contribution is -0.0841. The number of ether oxygens (including phenoxy) is 1. The van der Waals surface area contributed by atoms with Gasteiger partial charge in [0.2, 0.25) is 0 Å². The second-order valence-electron chi connectivity index (χ2n) is 4.52. The van der Waals surface area contributed by atoms with Crippen LogP contribution in [0.5, 0.6) is 0 Å². The highest BCUT2D eigenvalue weighted by molar-refractivity contribution is 7.89. The van der Waals surface area contributed by atoms with Crippen molar-refractivity contribution in [3.63, 3.8) is 0 Å². The third kappa shape index (κ3) is 3.48. The van der Waals surface area contributed by atoms with Crippen LogP contribution in [-0.2, 0) is 26.9 Å². The van der Waals surface area contributed by atoms with E-state index in [9.17, 15) is 8.42 Å². The van der Waals surface area contributed by atoms with Crippen LogP contribution in [0.1, 0.15) is 18.6 Å². The summed E-state index contributed by atoms with van der Waals surface area (Å²) < 4.78 is 32.5. The molecule has 2 rings (SSSR count). The van der Waals surface area contributed by atoms with E-state index in [1.165, 1.54) is 0 Å². The predicted molar refractivity (Wildman–Crippen MR) is 58.9 cm³/mol. The third-order valence-corrected chi connectivity index (χ3v) is 3.23. The average Bonchev–Trinajstić information content (AvgIpc) is 2.57. The Morgan fingerprint density at radius 3 is 2.76 bits per heavy atom. The molecule has 1 fully saturated rings. The van der Waals surface area contributed by atoms with Gasteiger partial charge in [-0.15, -0.1) is 0 Å². The largest absolute Gasteiger partial charge is 0.363 e. The number of hydrogen-bond donors (Lipinski definition) is 1. The van der Waals surface area contributed by atoms with Crippen molar-refractivity contribution in [2.45, 2.75) is 24.9 Å². The maximum absolute atomic E-state index is 11.0. The maximum atomic E-state index is 11.0. The number of aromatic nitrogens is 2. The van der Waals surface area contributed by atoms with Gasteiger partial charge in [0.15, 0.2) is 15.7 Å². The van der Waals surface area contributed by atoms with Crippen LogP contribution in [0.3, 0.4) is 0 Å². The highest BCUT2D eigenvalue weighted by Crippen LogP contribution is 2.17. The third-order valence-electron chi connectivity index (χ3n) is 2.44. The first-order valence-electron chi connectivity index (χ1n) is 5.20. The first-order valence-corrected chi connectivity index (χ1v) is 7.26. The zero-order chi connectivity index (χ0) is 12.5. The van der Waals surface area contributed by atoms with Gasteiger partial charge in [-0.25, -0.2) is 8.42 Å². The summed E-state index contributed by atoms with van der Waals surface area (Å²) in [5.74, 6) is 0.259. The Kier molecular flexibility index (Phi) is 3.19. The molecule has 1 N–H and O–H groups in total. The molecule has 0 aromatic carbocycles. The van der Waals surface area contributed by atoms with Crippen LogP contribution < -0.4 is 5.32 Å². The molecule has 1 saturated heterocycles. The second-order valence-corrected chi connectivity index (χ2v) is 6.66. The van der Waals surface area contributed by atoms with Gasteiger partial charge in [-0.1, -0.05) is 5.16 Å². The van der Waals surface area contributed by atoms with E-state index in [-0.39, 0.29) is 23.8 Å². The van der Waals surface area contributed by atoms with Gasteiger partial charge in [0.1, 0.15) is 12.4 Å². The van der Waals surface area contributed by atoms with E-state index in [0.29, 0.717) is 5.89 Å². The summed E-state index contributed by atoms with van der Waals surface area (Å²) in [5, 5.41) is 6.69. The molecule has 0 atom stereocenters. The first-order chi connectivity index (χ1) is 7.86. The lowest BCUT2D eigenvalue weighted by atomic mass is 10.0. The number of nitrogens with one attached hydrogen (secondary N) is 1. The molecular formula is C9H15N3O4S. The summed E-state index contributed by atoms with van der Waals surface area (Å²) in [6.07, 6.45) is 1.13. The van der Waals surface area contributed by atoms with Crippen LogP contribution in [0.25, 0.3) is 0 Å². The zero-order valence-corrected chi connectivity index (χ0v) is 10.6. The molecule has 0 amide bonds. The SMILES string of the molecule is CC1(OCc2nc(CS(C)(=O)=O)no2)CNC1. The van der Waals surface area contributed by atoms with Gasteiger partial charge in [-0.2, -0.15) is 4.98 Å². The molecule has 1 aliphatic rings. The van der Waals surface area contributed by atoms with Gasteiger partial charge in [0.25, 0.3) is 5.89 Å². The minimum absolute atomic E-state index is 0.169. The molecule has 1 aromatic rings. The van der Waals surface area contributed by atoms with Crippen LogP contribution in [0, 0.1) is 0 Å². The Bertz CT molecular complexity index is 492. The molecule has 0 saturated carbocycles. The zero-order valence-electron chi connectivity index (χ0n) is 9.76. The van der Waals surface area contributed by atoms with Gasteiger partial charge in [-0.3, -0.25) is 0 Å². The van der Waals surface area contributed by atoms with Crippen molar-refractivity contribution in [3.05, 3.63) is 11.7 Å². The minimum atomic E-state index is -3.14. The fourth-order valence-corrected chi connectivity index (χ4v) is 2.04. The lowest BCUT2D eigenvalue weighted by Gasteiger charge is -2.38. The van der Waals surface area contributed by atoms with Crippen molar-refractivity contribution in [1.29, 1.82) is 0 Å². The molecule has 0 radical (unpaired) electrons. The average molecular weight is 261 g/mol. The van der Waals surface area contributed by atoms with E-state index in [1.807, 2.05) is 6.92 Å². The molecule has 96 valence electrons. The normalized spacial score (nSPS) is 18.9. The van der Waals surface area contributed by atoms with Crippen LogP contribution in [-0.4, -0.2) is 43.5 Å². The van der Waals surface area contributed by atoms with Gasteiger partial charge < -0.3 is 14.6 Å². The highest BCUT2D eigenvalue weighted by Gasteiger charge is 2.33. The van der Waals surface area contributed by atoms with E-state index in [4.69, 9.17) is 9.26 Å². The van der Waals surface area contributed by atoms with E-state index < -0.39 is 9.84 Å². The Morgan fingerprint density at radius 1 is 1.53 bits per heavy atom. The van der Waals surface area contributed by atoms with Gasteiger partial charge in [-0.05, 0) is 6.92 Å². The summed E-state index contributed by atoms with van der Waals surface area (Å²) in [5.41, 5.74) is -0.189. The minimum Gasteiger partial charge on any atom is -0.363 e. The second kappa shape index (κ2) is 4.35. The monoisotopic (exact) mass is 261 g/mol. The molecule has 0 unspecified atom stereocenters. The summed E-state index contributed by atoms with van der Waals surface area (Å²) in [7, 11) is -3.14. The molecule has 0 spiro atoms. The van der Waals surface area contributed by atoms with Gasteiger partial charge >= 0.3 is 0 Å². The highest BCUT2D eigenvalue weighted by atomic mass is 32.2. The first kappa shape index (κ1) is 12.5. The molecular weight excluding hydrogens is 246 g/mol. The van der Waals surface area contributed by atoms with E-state index in [0.717, 1.165) is 19.3 Å². The standard InChI is InChI=1S/C9H15N3O4S/c1-9(5-10-6-9)15-3-8-11-7(12-16-8)4-17(2,13)14/h10H,3-6H2,1-2H3. The van der Waals surface area contributed by atoms with Crippen LogP contribution in [0.15, 0.2) is 4.52 Å². The summed E-state index contributed by atoms with van der Waals surface area (Å²) in [6, 6.07) is 0. The van der Waals surface area contributed by atoms with Crippen molar-refractivity contribution in [2.24, 2.45) is 0 Å². The number of hydrogen-bond acceptors (Lipinski definition) is 7. The van der Waals surface area contributed by atoms with Crippen molar-refractivity contribution in [3.8, 4) is 0 Å². The van der Waals surface area contributed by atoms with E-state index in [1.54, 1.807) is 0 Å². The topological polar surface area (TPSA) is 94.3 Å². The molecule has 17 heavy (non-hydrogen) atoms. The lowest BCUT2D eigenvalue weighted by Crippen LogP contribution is -2.58. The Hall–Kier alpha value is -0.990. The molecule has 0 aliphatic carbocycles. The van der Waals surface area contributed by atoms with Crippen molar-refractivity contribution in [2.75, 3.05) is 19.3 Å². The molecule has 2 heterocycles. The summed E-state index contributed by atoms with van der Waals surface area (Å²) >= 11 is 0. The van der Waals surface area contributed by atoms with E-state index >= 15 is 0 Å². The summed E-state index contributed by atoms with van der Waals surface area (Å²) in [6.45, 7) is 3.76. The predicted octanol–water partition coefficient (Wildman–Crippen LogP) is -0.507. The fourth-order valence-electron chi connectivity index (χ4n) is 1.46. The van der Waals surface area contributed by atoms with E-state index in [2.05, 4.69) is 15.5 Å². The number of nitrogens with zero attached hydrogens (tertiary/aromatic N) is 2. The Balaban J connectivity index is 1.90. The smallest absolute Gasteiger partial charge is 0.252 e. The molecule has 0 bridgehead atoms. The van der Waals surface area contributed by atoms with Crippen molar-refractivity contribution in [1.82, 2.24) is 15.5 Å². The Labute approximate surface area is 99.5 Å². The number of rotatable bonds is 5. The van der Waals surface area contributed by atoms with Crippen molar-refractivity contribution < 1.29 is 17.7 Å². The van der Waals surface area contributed by atoms with Crippen molar-refractivity contribution >= 4 is 9.84 Å². The molecule has 1 aliphatic heterocycles. The number of sulfone groups is 1. The van der Waals surface area contributed by atoms with Crippen LogP contribution in [0.2, 0.25) is 0 Å². The quantitative estimate of drug-likeness (QED) is 0.763. The molecule has 1 aromatic heterocycles. The van der Waals surface area contributed by atoms with Crippen LogP contribution in [0.4, 0.5) is 0 Å². The fraction of sp³-hybridized carbons (Fsp3) is 0.778. The summed E-state index contributed by atoms with van der Waals surface area (Å²) in [4.78, 5) is 3.95.